The summed E-state index contributed by atoms with van der Waals surface area (Å²) in [5.74, 6) is 0. The first-order valence-electron chi connectivity index (χ1n) is 6.54. The first-order valence-corrected chi connectivity index (χ1v) is 6.92. The minimum Gasteiger partial charge on any atom is -0.363 e. The summed E-state index contributed by atoms with van der Waals surface area (Å²) in [4.78, 5) is 12.8. The summed E-state index contributed by atoms with van der Waals surface area (Å²) < 4.78 is 0. The fourth-order valence-corrected chi connectivity index (χ4v) is 2.81. The number of para-hydroxylation sites is 1. The van der Waals surface area contributed by atoms with Gasteiger partial charge in [0.05, 0.1) is 9.95 Å². The zero-order valence-corrected chi connectivity index (χ0v) is 11.7. The molecule has 1 fully saturated rings. The van der Waals surface area contributed by atoms with E-state index in [0.717, 1.165) is 25.9 Å². The van der Waals surface area contributed by atoms with E-state index >= 15 is 0 Å². The topological polar surface area (TPSA) is 58.4 Å². The highest BCUT2D eigenvalue weighted by Gasteiger charge is 2.24. The number of nitrogens with zero attached hydrogens (tertiary/aromatic N) is 2. The standard InChI is InChI=1S/C13H18ClN3O2/c1-2-16(9-10-5-4-8-15-10)13-11(14)6-3-7-12(13)17(18)19/h3,6-7,10,15H,2,4-5,8-9H2,1H3. The molecule has 1 aromatic carbocycles. The quantitative estimate of drug-likeness (QED) is 0.667. The lowest BCUT2D eigenvalue weighted by atomic mass is 10.2. The fraction of sp³-hybridized carbons (Fsp3) is 0.538. The molecule has 6 heteroatoms. The number of nitro benzene ring substituents is 1. The number of rotatable bonds is 5. The third-order valence-corrected chi connectivity index (χ3v) is 3.77. The molecule has 1 aliphatic heterocycles. The van der Waals surface area contributed by atoms with Crippen molar-refractivity contribution in [1.82, 2.24) is 5.32 Å². The van der Waals surface area contributed by atoms with Crippen LogP contribution in [0, 0.1) is 10.1 Å². The number of hydrogen-bond donors (Lipinski definition) is 1. The van der Waals surface area contributed by atoms with Gasteiger partial charge in [0.2, 0.25) is 0 Å². The average molecular weight is 284 g/mol. The van der Waals surface area contributed by atoms with Gasteiger partial charge in [-0.2, -0.15) is 0 Å². The molecule has 1 unspecified atom stereocenters. The van der Waals surface area contributed by atoms with Crippen molar-refractivity contribution in [3.05, 3.63) is 33.3 Å². The Morgan fingerprint density at radius 2 is 2.37 bits per heavy atom. The highest BCUT2D eigenvalue weighted by molar-refractivity contribution is 6.33. The van der Waals surface area contributed by atoms with Crippen molar-refractivity contribution in [2.45, 2.75) is 25.8 Å². The van der Waals surface area contributed by atoms with Crippen LogP contribution in [0.15, 0.2) is 18.2 Å². The number of anilines is 1. The number of halogens is 1. The second-order valence-electron chi connectivity index (χ2n) is 4.70. The molecule has 0 aromatic heterocycles. The van der Waals surface area contributed by atoms with E-state index in [1.165, 1.54) is 6.07 Å². The SMILES string of the molecule is CCN(CC1CCCN1)c1c(Cl)cccc1[N+](=O)[O-]. The number of likely N-dealkylation sites (N-methyl/N-ethyl adjacent to an activating group) is 1. The van der Waals surface area contributed by atoms with Crippen molar-refractivity contribution >= 4 is 23.0 Å². The van der Waals surface area contributed by atoms with Gasteiger partial charge < -0.3 is 10.2 Å². The lowest BCUT2D eigenvalue weighted by Gasteiger charge is -2.27. The van der Waals surface area contributed by atoms with E-state index in [-0.39, 0.29) is 10.6 Å². The zero-order chi connectivity index (χ0) is 13.8. The molecule has 0 aliphatic carbocycles. The van der Waals surface area contributed by atoms with Crippen LogP contribution in [0.4, 0.5) is 11.4 Å². The van der Waals surface area contributed by atoms with Gasteiger partial charge in [-0.3, -0.25) is 10.1 Å². The Morgan fingerprint density at radius 1 is 1.58 bits per heavy atom. The number of hydrogen-bond acceptors (Lipinski definition) is 4. The Kier molecular flexibility index (Phi) is 4.61. The van der Waals surface area contributed by atoms with E-state index < -0.39 is 0 Å². The average Bonchev–Trinajstić information content (AvgIpc) is 2.89. The molecule has 1 N–H and O–H groups in total. The van der Waals surface area contributed by atoms with E-state index in [4.69, 9.17) is 11.6 Å². The summed E-state index contributed by atoms with van der Waals surface area (Å²) >= 11 is 6.17. The monoisotopic (exact) mass is 283 g/mol. The van der Waals surface area contributed by atoms with Crippen LogP contribution in [0.3, 0.4) is 0 Å². The summed E-state index contributed by atoms with van der Waals surface area (Å²) in [6, 6.07) is 5.21. The third-order valence-electron chi connectivity index (χ3n) is 3.46. The molecule has 1 saturated heterocycles. The fourth-order valence-electron chi connectivity index (χ4n) is 2.52. The molecule has 2 rings (SSSR count). The van der Waals surface area contributed by atoms with E-state index in [1.807, 2.05) is 11.8 Å². The molecule has 104 valence electrons. The first kappa shape index (κ1) is 14.1. The first-order chi connectivity index (χ1) is 9.13. The third kappa shape index (κ3) is 3.16. The molecule has 0 amide bonds. The van der Waals surface area contributed by atoms with Crippen LogP contribution in [0.25, 0.3) is 0 Å². The van der Waals surface area contributed by atoms with Crippen LogP contribution >= 0.6 is 11.6 Å². The highest BCUT2D eigenvalue weighted by Crippen LogP contribution is 2.35. The van der Waals surface area contributed by atoms with Crippen molar-refractivity contribution in [2.75, 3.05) is 24.5 Å². The minimum absolute atomic E-state index is 0.0762. The highest BCUT2D eigenvalue weighted by atomic mass is 35.5. The number of nitro groups is 1. The van der Waals surface area contributed by atoms with Crippen molar-refractivity contribution in [1.29, 1.82) is 0 Å². The van der Waals surface area contributed by atoms with E-state index in [0.29, 0.717) is 23.3 Å². The molecule has 0 spiro atoms. The van der Waals surface area contributed by atoms with Crippen molar-refractivity contribution in [3.8, 4) is 0 Å². The molecule has 0 radical (unpaired) electrons. The largest absolute Gasteiger partial charge is 0.363 e. The van der Waals surface area contributed by atoms with Gasteiger partial charge in [0.1, 0.15) is 5.69 Å². The summed E-state index contributed by atoms with van der Waals surface area (Å²) in [5, 5.41) is 15.0. The maximum Gasteiger partial charge on any atom is 0.294 e. The van der Waals surface area contributed by atoms with Crippen molar-refractivity contribution in [3.63, 3.8) is 0 Å². The Morgan fingerprint density at radius 3 is 2.95 bits per heavy atom. The number of benzene rings is 1. The molecule has 19 heavy (non-hydrogen) atoms. The van der Waals surface area contributed by atoms with Gasteiger partial charge in [0.25, 0.3) is 5.69 Å². The smallest absolute Gasteiger partial charge is 0.294 e. The molecule has 1 heterocycles. The molecule has 1 aromatic rings. The molecule has 5 nitrogen and oxygen atoms in total. The number of nitrogens with one attached hydrogen (secondary N) is 1. The van der Waals surface area contributed by atoms with Crippen LogP contribution < -0.4 is 10.2 Å². The van der Waals surface area contributed by atoms with Crippen molar-refractivity contribution < 1.29 is 4.92 Å². The normalized spacial score (nSPS) is 18.5. The predicted octanol–water partition coefficient (Wildman–Crippen LogP) is 2.83. The van der Waals surface area contributed by atoms with Crippen LogP contribution in [-0.4, -0.2) is 30.6 Å². The Hall–Kier alpha value is -1.33. The van der Waals surface area contributed by atoms with Gasteiger partial charge in [-0.15, -0.1) is 0 Å². The van der Waals surface area contributed by atoms with Crippen LogP contribution in [-0.2, 0) is 0 Å². The van der Waals surface area contributed by atoms with Crippen molar-refractivity contribution in [2.24, 2.45) is 0 Å². The summed E-state index contributed by atoms with van der Waals surface area (Å²) in [7, 11) is 0. The Balaban J connectivity index is 2.28. The maximum atomic E-state index is 11.1. The molecule has 1 atom stereocenters. The molecular formula is C13H18ClN3O2. The Bertz CT molecular complexity index is 461. The second kappa shape index (κ2) is 6.21. The molecule has 1 aliphatic rings. The van der Waals surface area contributed by atoms with E-state index in [9.17, 15) is 10.1 Å². The minimum atomic E-state index is -0.369. The van der Waals surface area contributed by atoms with Crippen LogP contribution in [0.1, 0.15) is 19.8 Å². The predicted molar refractivity (Wildman–Crippen MR) is 77.0 cm³/mol. The maximum absolute atomic E-state index is 11.1. The lowest BCUT2D eigenvalue weighted by molar-refractivity contribution is -0.384. The zero-order valence-electron chi connectivity index (χ0n) is 10.9. The van der Waals surface area contributed by atoms with Gasteiger partial charge >= 0.3 is 0 Å². The van der Waals surface area contributed by atoms with E-state index in [1.54, 1.807) is 12.1 Å². The lowest BCUT2D eigenvalue weighted by Crippen LogP contribution is -2.37. The summed E-state index contributed by atoms with van der Waals surface area (Å²) in [5.41, 5.74) is 0.609. The van der Waals surface area contributed by atoms with Gasteiger partial charge in [0.15, 0.2) is 0 Å². The van der Waals surface area contributed by atoms with E-state index in [2.05, 4.69) is 5.32 Å². The van der Waals surface area contributed by atoms with Gasteiger partial charge in [-0.1, -0.05) is 17.7 Å². The molecule has 0 saturated carbocycles. The second-order valence-corrected chi connectivity index (χ2v) is 5.10. The molecule has 0 bridgehead atoms. The van der Waals surface area contributed by atoms with Gasteiger partial charge in [0, 0.05) is 25.2 Å². The van der Waals surface area contributed by atoms with Crippen LogP contribution in [0.2, 0.25) is 5.02 Å². The van der Waals surface area contributed by atoms with Crippen LogP contribution in [0.5, 0.6) is 0 Å². The Labute approximate surface area is 117 Å². The molecular weight excluding hydrogens is 266 g/mol. The summed E-state index contributed by atoms with van der Waals surface area (Å²) in [6.45, 7) is 4.46. The van der Waals surface area contributed by atoms with Gasteiger partial charge in [-0.05, 0) is 32.4 Å². The summed E-state index contributed by atoms with van der Waals surface area (Å²) in [6.07, 6.45) is 2.27. The van der Waals surface area contributed by atoms with Gasteiger partial charge in [-0.25, -0.2) is 0 Å².